The third-order valence-corrected chi connectivity index (χ3v) is 3.31. The lowest BCUT2D eigenvalue weighted by Gasteiger charge is -2.07. The van der Waals surface area contributed by atoms with Gasteiger partial charge in [0.25, 0.3) is 0 Å². The number of carboxylic acids is 1. The molecule has 0 saturated carbocycles. The van der Waals surface area contributed by atoms with Gasteiger partial charge in [0, 0.05) is 30.1 Å². The minimum Gasteiger partial charge on any atom is -0.481 e. The first kappa shape index (κ1) is 13.3. The van der Waals surface area contributed by atoms with Gasteiger partial charge in [0.2, 0.25) is 0 Å². The molecule has 0 aliphatic rings. The number of rotatable bonds is 6. The lowest BCUT2D eigenvalue weighted by molar-refractivity contribution is -0.137. The van der Waals surface area contributed by atoms with E-state index >= 15 is 0 Å². The van der Waals surface area contributed by atoms with Gasteiger partial charge < -0.3 is 9.67 Å². The van der Waals surface area contributed by atoms with Gasteiger partial charge in [-0.3, -0.25) is 9.59 Å². The van der Waals surface area contributed by atoms with Gasteiger partial charge in [-0.05, 0) is 18.4 Å². The number of hydrogen-bond donors (Lipinski definition) is 1. The summed E-state index contributed by atoms with van der Waals surface area (Å²) in [5.74, 6) is -0.789. The van der Waals surface area contributed by atoms with Crippen molar-refractivity contribution < 1.29 is 14.7 Å². The molecule has 0 fully saturated rings. The number of carbonyl (C=O) groups excluding carboxylic acids is 1. The van der Waals surface area contributed by atoms with Crippen LogP contribution < -0.4 is 0 Å². The molecule has 100 valence electrons. The molecule has 0 radical (unpaired) electrons. The van der Waals surface area contributed by atoms with E-state index in [1.54, 1.807) is 0 Å². The molecule has 0 spiro atoms. The quantitative estimate of drug-likeness (QED) is 0.811. The molecule has 0 aliphatic heterocycles. The summed E-state index contributed by atoms with van der Waals surface area (Å²) in [6, 6.07) is 5.94. The Morgan fingerprint density at radius 2 is 2.21 bits per heavy atom. The van der Waals surface area contributed by atoms with Crippen LogP contribution in [-0.4, -0.2) is 21.9 Å². The smallest absolute Gasteiger partial charge is 0.303 e. The molecule has 0 amide bonds. The second-order valence-corrected chi connectivity index (χ2v) is 4.56. The van der Waals surface area contributed by atoms with Crippen LogP contribution in [0.25, 0.3) is 10.9 Å². The number of benzene rings is 1. The lowest BCUT2D eigenvalue weighted by atomic mass is 10.1. The Kier molecular flexibility index (Phi) is 4.00. The minimum absolute atomic E-state index is 0.143. The maximum Gasteiger partial charge on any atom is 0.303 e. The molecule has 0 aliphatic carbocycles. The van der Waals surface area contributed by atoms with Crippen molar-refractivity contribution in [2.75, 3.05) is 0 Å². The van der Waals surface area contributed by atoms with Crippen molar-refractivity contribution in [1.29, 1.82) is 0 Å². The van der Waals surface area contributed by atoms with E-state index < -0.39 is 5.97 Å². The number of nitrogens with zero attached hydrogens (tertiary/aromatic N) is 1. The van der Waals surface area contributed by atoms with Crippen LogP contribution in [-0.2, 0) is 17.8 Å². The van der Waals surface area contributed by atoms with E-state index in [1.807, 2.05) is 29.0 Å². The molecule has 1 aromatic carbocycles. The van der Waals surface area contributed by atoms with Crippen molar-refractivity contribution in [1.82, 2.24) is 4.57 Å². The first-order valence-electron chi connectivity index (χ1n) is 6.45. The summed E-state index contributed by atoms with van der Waals surface area (Å²) in [6.07, 6.45) is 4.27. The SMILES string of the molecule is CCc1cccc2c(C=O)cn(CCCC(=O)O)c12. The van der Waals surface area contributed by atoms with Gasteiger partial charge in [-0.1, -0.05) is 25.1 Å². The van der Waals surface area contributed by atoms with E-state index in [4.69, 9.17) is 5.11 Å². The summed E-state index contributed by atoms with van der Waals surface area (Å²) in [7, 11) is 0. The zero-order chi connectivity index (χ0) is 13.8. The third-order valence-electron chi connectivity index (χ3n) is 3.31. The maximum atomic E-state index is 11.1. The second-order valence-electron chi connectivity index (χ2n) is 4.56. The summed E-state index contributed by atoms with van der Waals surface area (Å²) in [5, 5.41) is 9.64. The van der Waals surface area contributed by atoms with Crippen LogP contribution in [0.15, 0.2) is 24.4 Å². The van der Waals surface area contributed by atoms with Crippen LogP contribution in [0.5, 0.6) is 0 Å². The van der Waals surface area contributed by atoms with Crippen molar-refractivity contribution in [3.8, 4) is 0 Å². The monoisotopic (exact) mass is 259 g/mol. The topological polar surface area (TPSA) is 59.3 Å². The predicted molar refractivity (Wildman–Crippen MR) is 73.6 cm³/mol. The summed E-state index contributed by atoms with van der Waals surface area (Å²) in [4.78, 5) is 21.7. The molecular weight excluding hydrogens is 242 g/mol. The Morgan fingerprint density at radius 3 is 2.84 bits per heavy atom. The van der Waals surface area contributed by atoms with Gasteiger partial charge in [0.15, 0.2) is 6.29 Å². The Bertz CT molecular complexity index is 613. The van der Waals surface area contributed by atoms with Gasteiger partial charge >= 0.3 is 5.97 Å². The zero-order valence-electron chi connectivity index (χ0n) is 10.9. The van der Waals surface area contributed by atoms with Crippen LogP contribution in [0, 0.1) is 0 Å². The maximum absolute atomic E-state index is 11.1. The van der Waals surface area contributed by atoms with E-state index in [0.29, 0.717) is 18.5 Å². The fourth-order valence-electron chi connectivity index (χ4n) is 2.42. The normalized spacial score (nSPS) is 10.8. The fourth-order valence-corrected chi connectivity index (χ4v) is 2.42. The number of carbonyl (C=O) groups is 2. The molecule has 1 aromatic heterocycles. The lowest BCUT2D eigenvalue weighted by Crippen LogP contribution is -2.02. The number of aromatic nitrogens is 1. The van der Waals surface area contributed by atoms with E-state index in [1.165, 1.54) is 5.56 Å². The highest BCUT2D eigenvalue weighted by atomic mass is 16.4. The van der Waals surface area contributed by atoms with Crippen LogP contribution in [0.3, 0.4) is 0 Å². The van der Waals surface area contributed by atoms with Gasteiger partial charge in [-0.2, -0.15) is 0 Å². The average molecular weight is 259 g/mol. The number of aryl methyl sites for hydroxylation is 2. The molecule has 2 aromatic rings. The molecule has 4 heteroatoms. The summed E-state index contributed by atoms with van der Waals surface area (Å²) < 4.78 is 2.00. The first-order chi connectivity index (χ1) is 9.17. The second kappa shape index (κ2) is 5.69. The van der Waals surface area contributed by atoms with Crippen LogP contribution in [0.1, 0.15) is 35.7 Å². The molecule has 1 N–H and O–H groups in total. The predicted octanol–water partition coefficient (Wildman–Crippen LogP) is 2.88. The molecule has 1 heterocycles. The van der Waals surface area contributed by atoms with Crippen LogP contribution in [0.4, 0.5) is 0 Å². The van der Waals surface area contributed by atoms with Crippen molar-refractivity contribution in [2.45, 2.75) is 32.7 Å². The summed E-state index contributed by atoms with van der Waals surface area (Å²) >= 11 is 0. The number of aliphatic carboxylic acids is 1. The highest BCUT2D eigenvalue weighted by Crippen LogP contribution is 2.24. The van der Waals surface area contributed by atoms with Gasteiger partial charge in [0.05, 0.1) is 5.52 Å². The number of hydrogen-bond acceptors (Lipinski definition) is 2. The summed E-state index contributed by atoms with van der Waals surface area (Å²) in [6.45, 7) is 2.69. The zero-order valence-corrected chi connectivity index (χ0v) is 10.9. The van der Waals surface area contributed by atoms with Crippen LogP contribution >= 0.6 is 0 Å². The van der Waals surface area contributed by atoms with Crippen LogP contribution in [0.2, 0.25) is 0 Å². The van der Waals surface area contributed by atoms with Crippen molar-refractivity contribution in [3.63, 3.8) is 0 Å². The standard InChI is InChI=1S/C15H17NO3/c1-2-11-5-3-6-13-12(10-17)9-16(15(11)13)8-4-7-14(18)19/h3,5-6,9-10H,2,4,7-8H2,1H3,(H,18,19). The number of fused-ring (bicyclic) bond motifs is 1. The molecule has 19 heavy (non-hydrogen) atoms. The molecule has 2 rings (SSSR count). The molecule has 0 unspecified atom stereocenters. The van der Waals surface area contributed by atoms with E-state index in [-0.39, 0.29) is 6.42 Å². The van der Waals surface area contributed by atoms with E-state index in [9.17, 15) is 9.59 Å². The average Bonchev–Trinajstić information content (AvgIpc) is 2.76. The van der Waals surface area contributed by atoms with E-state index in [2.05, 4.69) is 6.92 Å². The molecule has 4 nitrogen and oxygen atoms in total. The van der Waals surface area contributed by atoms with Gasteiger partial charge in [-0.25, -0.2) is 0 Å². The highest BCUT2D eigenvalue weighted by molar-refractivity contribution is 5.99. The van der Waals surface area contributed by atoms with Gasteiger partial charge in [-0.15, -0.1) is 0 Å². The van der Waals surface area contributed by atoms with Crippen molar-refractivity contribution in [2.24, 2.45) is 0 Å². The van der Waals surface area contributed by atoms with E-state index in [0.717, 1.165) is 23.6 Å². The third kappa shape index (κ3) is 2.67. The molecular formula is C15H17NO3. The largest absolute Gasteiger partial charge is 0.481 e. The first-order valence-corrected chi connectivity index (χ1v) is 6.45. The fraction of sp³-hybridized carbons (Fsp3) is 0.333. The Morgan fingerprint density at radius 1 is 1.42 bits per heavy atom. The Hall–Kier alpha value is -2.10. The molecule has 0 saturated heterocycles. The van der Waals surface area contributed by atoms with Crippen molar-refractivity contribution >= 4 is 23.2 Å². The highest BCUT2D eigenvalue weighted by Gasteiger charge is 2.11. The number of aldehydes is 1. The molecule has 0 atom stereocenters. The summed E-state index contributed by atoms with van der Waals surface area (Å²) in [5.41, 5.74) is 2.90. The minimum atomic E-state index is -0.789. The Balaban J connectivity index is 2.41. The van der Waals surface area contributed by atoms with Gasteiger partial charge in [0.1, 0.15) is 0 Å². The van der Waals surface area contributed by atoms with Crippen molar-refractivity contribution in [3.05, 3.63) is 35.5 Å². The number of carboxylic acid groups (broad SMARTS) is 1. The molecule has 0 bridgehead atoms. The Labute approximate surface area is 111 Å². The number of para-hydroxylation sites is 1.